The van der Waals surface area contributed by atoms with Crippen molar-refractivity contribution >= 4 is 11.4 Å². The predicted octanol–water partition coefficient (Wildman–Crippen LogP) is 2.84. The van der Waals surface area contributed by atoms with Crippen molar-refractivity contribution in [3.05, 3.63) is 35.2 Å². The summed E-state index contributed by atoms with van der Waals surface area (Å²) in [5, 5.41) is 0. The first-order chi connectivity index (χ1) is 5.95. The summed E-state index contributed by atoms with van der Waals surface area (Å²) in [4.78, 5) is 2.88. The van der Waals surface area contributed by atoms with E-state index in [1.807, 2.05) is 0 Å². The number of rotatable bonds is 0. The highest BCUT2D eigenvalue weighted by Gasteiger charge is 2.32. The van der Waals surface area contributed by atoms with E-state index in [2.05, 4.69) is 4.85 Å². The molecule has 2 N–H and O–H groups in total. The molecule has 0 saturated carbocycles. The molecule has 0 saturated heterocycles. The molecule has 0 heterocycles. The number of halogens is 3. The molecule has 1 rings (SSSR count). The summed E-state index contributed by atoms with van der Waals surface area (Å²) in [7, 11) is 0. The van der Waals surface area contributed by atoms with Crippen LogP contribution in [0.15, 0.2) is 18.2 Å². The lowest BCUT2D eigenvalue weighted by atomic mass is 10.1. The third kappa shape index (κ3) is 1.90. The molecule has 0 bridgehead atoms. The lowest BCUT2D eigenvalue weighted by Gasteiger charge is -2.09. The van der Waals surface area contributed by atoms with Crippen LogP contribution >= 0.6 is 0 Å². The van der Waals surface area contributed by atoms with E-state index in [-0.39, 0.29) is 11.4 Å². The summed E-state index contributed by atoms with van der Waals surface area (Å²) >= 11 is 0. The predicted molar refractivity (Wildman–Crippen MR) is 42.1 cm³/mol. The summed E-state index contributed by atoms with van der Waals surface area (Å²) in [6.07, 6.45) is -4.50. The Bertz CT molecular complexity index is 363. The number of hydrogen-bond donors (Lipinski definition) is 1. The summed E-state index contributed by atoms with van der Waals surface area (Å²) in [6, 6.07) is 3.07. The molecule has 0 fully saturated rings. The minimum Gasteiger partial charge on any atom is -0.398 e. The van der Waals surface area contributed by atoms with Gasteiger partial charge in [0.05, 0.1) is 12.1 Å². The molecule has 0 radical (unpaired) electrons. The third-order valence-electron chi connectivity index (χ3n) is 1.47. The number of nitrogens with zero attached hydrogens (tertiary/aromatic N) is 1. The Morgan fingerprint density at radius 1 is 1.31 bits per heavy atom. The number of hydrogen-bond acceptors (Lipinski definition) is 1. The van der Waals surface area contributed by atoms with Gasteiger partial charge < -0.3 is 5.73 Å². The highest BCUT2D eigenvalue weighted by molar-refractivity contribution is 5.58. The van der Waals surface area contributed by atoms with E-state index in [1.54, 1.807) is 0 Å². The quantitative estimate of drug-likeness (QED) is 0.490. The van der Waals surface area contributed by atoms with E-state index in [4.69, 9.17) is 12.3 Å². The molecule has 0 atom stereocenters. The van der Waals surface area contributed by atoms with Crippen molar-refractivity contribution in [2.24, 2.45) is 0 Å². The first kappa shape index (κ1) is 9.39. The van der Waals surface area contributed by atoms with Gasteiger partial charge in [-0.2, -0.15) is 13.2 Å². The van der Waals surface area contributed by atoms with Gasteiger partial charge in [0, 0.05) is 5.69 Å². The molecule has 0 aliphatic heterocycles. The van der Waals surface area contributed by atoms with E-state index in [0.29, 0.717) is 0 Å². The molecule has 0 spiro atoms. The van der Waals surface area contributed by atoms with Gasteiger partial charge in [-0.25, -0.2) is 4.85 Å². The SMILES string of the molecule is [C-]#[N+]c1ccc(N)c(C(F)(F)F)c1. The largest absolute Gasteiger partial charge is 0.417 e. The highest BCUT2D eigenvalue weighted by Crippen LogP contribution is 2.35. The van der Waals surface area contributed by atoms with Crippen molar-refractivity contribution < 1.29 is 13.2 Å². The van der Waals surface area contributed by atoms with E-state index in [1.165, 1.54) is 6.07 Å². The molecule has 0 aliphatic carbocycles. The van der Waals surface area contributed by atoms with E-state index in [9.17, 15) is 13.2 Å². The van der Waals surface area contributed by atoms with Crippen LogP contribution in [-0.2, 0) is 6.18 Å². The van der Waals surface area contributed by atoms with Crippen LogP contribution in [0.4, 0.5) is 24.5 Å². The maximum Gasteiger partial charge on any atom is 0.417 e. The molecule has 0 aliphatic rings. The van der Waals surface area contributed by atoms with Gasteiger partial charge in [-0.15, -0.1) is 0 Å². The van der Waals surface area contributed by atoms with Crippen molar-refractivity contribution in [2.75, 3.05) is 5.73 Å². The minimum absolute atomic E-state index is 0.0680. The van der Waals surface area contributed by atoms with Crippen molar-refractivity contribution in [3.8, 4) is 0 Å². The molecule has 1 aromatic carbocycles. The fourth-order valence-electron chi connectivity index (χ4n) is 0.859. The van der Waals surface area contributed by atoms with Gasteiger partial charge in [0.2, 0.25) is 0 Å². The first-order valence-corrected chi connectivity index (χ1v) is 3.29. The van der Waals surface area contributed by atoms with Crippen molar-refractivity contribution in [1.29, 1.82) is 0 Å². The number of nitrogen functional groups attached to an aromatic ring is 1. The second-order valence-electron chi connectivity index (χ2n) is 2.38. The Balaban J connectivity index is 3.29. The molecule has 0 unspecified atom stereocenters. The highest BCUT2D eigenvalue weighted by atomic mass is 19.4. The topological polar surface area (TPSA) is 30.4 Å². The summed E-state index contributed by atoms with van der Waals surface area (Å²) in [5.41, 5.74) is 3.72. The Morgan fingerprint density at radius 3 is 2.38 bits per heavy atom. The average Bonchev–Trinajstić information content (AvgIpc) is 2.03. The second kappa shape index (κ2) is 2.98. The smallest absolute Gasteiger partial charge is 0.398 e. The fourth-order valence-corrected chi connectivity index (χ4v) is 0.859. The maximum absolute atomic E-state index is 12.2. The summed E-state index contributed by atoms with van der Waals surface area (Å²) < 4.78 is 36.5. The van der Waals surface area contributed by atoms with Gasteiger partial charge in [-0.05, 0) is 12.1 Å². The monoisotopic (exact) mass is 186 g/mol. The van der Waals surface area contributed by atoms with Gasteiger partial charge in [0.25, 0.3) is 0 Å². The van der Waals surface area contributed by atoms with Gasteiger partial charge in [0.15, 0.2) is 5.69 Å². The molecule has 1 aromatic rings. The zero-order valence-electron chi connectivity index (χ0n) is 6.39. The van der Waals surface area contributed by atoms with Crippen LogP contribution in [0.25, 0.3) is 4.85 Å². The van der Waals surface area contributed by atoms with E-state index in [0.717, 1.165) is 12.1 Å². The molecule has 5 heteroatoms. The van der Waals surface area contributed by atoms with Crippen molar-refractivity contribution in [2.45, 2.75) is 6.18 Å². The van der Waals surface area contributed by atoms with Gasteiger partial charge in [0.1, 0.15) is 0 Å². The Labute approximate surface area is 72.6 Å². The molecule has 0 amide bonds. The minimum atomic E-state index is -4.50. The van der Waals surface area contributed by atoms with Gasteiger partial charge >= 0.3 is 6.18 Å². The Morgan fingerprint density at radius 2 is 1.92 bits per heavy atom. The van der Waals surface area contributed by atoms with Crippen LogP contribution in [0.5, 0.6) is 0 Å². The van der Waals surface area contributed by atoms with Crippen LogP contribution < -0.4 is 5.73 Å². The molecule has 2 nitrogen and oxygen atoms in total. The average molecular weight is 186 g/mol. The molecule has 0 aromatic heterocycles. The normalized spacial score (nSPS) is 10.9. The summed E-state index contributed by atoms with van der Waals surface area (Å²) in [6.45, 7) is 6.53. The van der Waals surface area contributed by atoms with Gasteiger partial charge in [-0.1, -0.05) is 6.07 Å². The van der Waals surface area contributed by atoms with Gasteiger partial charge in [-0.3, -0.25) is 0 Å². The zero-order chi connectivity index (χ0) is 10.1. The van der Waals surface area contributed by atoms with Crippen LogP contribution in [0, 0.1) is 6.57 Å². The van der Waals surface area contributed by atoms with Crippen molar-refractivity contribution in [1.82, 2.24) is 0 Å². The van der Waals surface area contributed by atoms with Crippen LogP contribution in [0.1, 0.15) is 5.56 Å². The van der Waals surface area contributed by atoms with Crippen LogP contribution in [0.2, 0.25) is 0 Å². The maximum atomic E-state index is 12.2. The lowest BCUT2D eigenvalue weighted by Crippen LogP contribution is -2.08. The third-order valence-corrected chi connectivity index (χ3v) is 1.47. The number of anilines is 1. The lowest BCUT2D eigenvalue weighted by molar-refractivity contribution is -0.136. The number of alkyl halides is 3. The standard InChI is InChI=1S/C8H5F3N2/c1-13-5-2-3-7(12)6(4-5)8(9,10)11/h2-4H,12H2. The molecular weight excluding hydrogens is 181 g/mol. The Kier molecular flexibility index (Phi) is 2.15. The van der Waals surface area contributed by atoms with E-state index >= 15 is 0 Å². The fraction of sp³-hybridized carbons (Fsp3) is 0.125. The van der Waals surface area contributed by atoms with Crippen LogP contribution in [-0.4, -0.2) is 0 Å². The first-order valence-electron chi connectivity index (χ1n) is 3.29. The molecule has 13 heavy (non-hydrogen) atoms. The zero-order valence-corrected chi connectivity index (χ0v) is 6.39. The second-order valence-corrected chi connectivity index (χ2v) is 2.38. The molecular formula is C8H5F3N2. The molecule has 68 valence electrons. The van der Waals surface area contributed by atoms with Crippen LogP contribution in [0.3, 0.4) is 0 Å². The summed E-state index contributed by atoms with van der Waals surface area (Å²) in [5.74, 6) is 0. The van der Waals surface area contributed by atoms with E-state index < -0.39 is 11.7 Å². The number of nitrogens with two attached hydrogens (primary N) is 1. The Hall–Kier alpha value is -1.70. The van der Waals surface area contributed by atoms with Crippen molar-refractivity contribution in [3.63, 3.8) is 0 Å². The number of benzene rings is 1.